The van der Waals surface area contributed by atoms with Crippen LogP contribution in [0.4, 0.5) is 0 Å². The van der Waals surface area contributed by atoms with Crippen molar-refractivity contribution in [2.24, 2.45) is 56.0 Å². The number of primary amides is 1. The van der Waals surface area contributed by atoms with Crippen LogP contribution in [0.5, 0.6) is 5.75 Å². The van der Waals surface area contributed by atoms with E-state index in [0.29, 0.717) is 24.8 Å². The van der Waals surface area contributed by atoms with Crippen LogP contribution in [-0.2, 0) is 54.4 Å². The largest absolute Gasteiger partial charge is 0.508 e. The first-order chi connectivity index (χ1) is 39.1. The summed E-state index contributed by atoms with van der Waals surface area (Å²) in [6.07, 6.45) is -0.307. The summed E-state index contributed by atoms with van der Waals surface area (Å²) in [6.45, 7) is 4.70. The van der Waals surface area contributed by atoms with Crippen LogP contribution < -0.4 is 82.7 Å². The Morgan fingerprint density at radius 1 is 0.602 bits per heavy atom. The van der Waals surface area contributed by atoms with Gasteiger partial charge in [0.1, 0.15) is 66.2 Å². The van der Waals surface area contributed by atoms with Crippen LogP contribution in [0.1, 0.15) is 97.5 Å². The molecule has 0 aliphatic carbocycles. The molecular formula is C51H88N18O14. The minimum Gasteiger partial charge on any atom is -0.508 e. The van der Waals surface area contributed by atoms with Crippen molar-refractivity contribution in [1.29, 1.82) is 0 Å². The molecule has 1 aliphatic rings. The summed E-state index contributed by atoms with van der Waals surface area (Å²) < 4.78 is 0. The number of aromatic hydroxyl groups is 1. The highest BCUT2D eigenvalue weighted by Gasteiger charge is 2.40. The molecule has 10 amide bonds. The Bertz CT molecular complexity index is 2390. The number of aliphatic hydroxyl groups excluding tert-OH is 3. The van der Waals surface area contributed by atoms with Crippen molar-refractivity contribution in [3.05, 3.63) is 29.8 Å². The summed E-state index contributed by atoms with van der Waals surface area (Å²) in [5.41, 5.74) is 39.1. The third-order valence-corrected chi connectivity index (χ3v) is 13.1. The molecule has 83 heavy (non-hydrogen) atoms. The lowest BCUT2D eigenvalue weighted by Gasteiger charge is -2.30. The summed E-state index contributed by atoms with van der Waals surface area (Å²) >= 11 is 0. The summed E-state index contributed by atoms with van der Waals surface area (Å²) in [6, 6.07) is -8.54. The number of unbranched alkanes of at least 4 members (excludes halogenated alkanes) is 1. The van der Waals surface area contributed by atoms with Gasteiger partial charge in [-0.1, -0.05) is 26.0 Å². The maximum atomic E-state index is 14.3. The fourth-order valence-corrected chi connectivity index (χ4v) is 8.56. The molecule has 1 aliphatic heterocycles. The van der Waals surface area contributed by atoms with Crippen molar-refractivity contribution in [3.8, 4) is 5.75 Å². The first-order valence-electron chi connectivity index (χ1n) is 27.4. The number of aliphatic imine (C=N–C) groups is 2. The standard InChI is InChI=1S/C51H88N18O14/c1-26(2)22-35(40(54)74)65-43(77)33(11-7-19-59-50(55)56)63-47(81)38-13-9-21-69(38)49(83)37(25-71)67-41(75)27(3)61-46(80)36(23-29-14-16-30(73)17-15-29)66-44(78)34(12-8-20-60-51(57)58)64-48(82)39(28(4)72)68-45(79)32(10-5-6-18-52)62-42(76)31(53)24-70/h14-17,26-28,31-39,70-73H,5-13,18-25,52-53H2,1-4H3,(H2,54,74)(H,61,80)(H,62,76)(H,63,81)(H,64,82)(H,65,77)(H,66,78)(H,67,75)(H,68,79)(H4,55,56,59)(H4,57,58,60)/t27-,28+,31-,32-,33-,34-,35-,36-,37-,38-,39-/m0/s1. The van der Waals surface area contributed by atoms with Crippen LogP contribution in [0.15, 0.2) is 34.3 Å². The maximum absolute atomic E-state index is 14.3. The van der Waals surface area contributed by atoms with Gasteiger partial charge in [0.15, 0.2) is 11.9 Å². The number of likely N-dealkylation sites (tertiary alicyclic amines) is 1. The number of hydrogen-bond acceptors (Lipinski definition) is 18. The molecule has 1 heterocycles. The fraction of sp³-hybridized carbons (Fsp3) is 0.647. The van der Waals surface area contributed by atoms with Crippen molar-refractivity contribution in [3.63, 3.8) is 0 Å². The Kier molecular flexibility index (Phi) is 31.3. The fourth-order valence-electron chi connectivity index (χ4n) is 8.56. The Morgan fingerprint density at radius 2 is 1.10 bits per heavy atom. The number of amides is 10. The van der Waals surface area contributed by atoms with E-state index in [1.807, 2.05) is 13.8 Å². The zero-order valence-corrected chi connectivity index (χ0v) is 47.5. The second-order valence-electron chi connectivity index (χ2n) is 20.6. The van der Waals surface area contributed by atoms with E-state index in [1.54, 1.807) is 0 Å². The van der Waals surface area contributed by atoms with Gasteiger partial charge in [-0.25, -0.2) is 0 Å². The highest BCUT2D eigenvalue weighted by atomic mass is 16.3. The van der Waals surface area contributed by atoms with Gasteiger partial charge in [-0.3, -0.25) is 57.9 Å². The molecule has 1 saturated heterocycles. The molecule has 1 aromatic carbocycles. The van der Waals surface area contributed by atoms with Crippen LogP contribution in [0.2, 0.25) is 0 Å². The summed E-state index contributed by atoms with van der Waals surface area (Å²) in [5, 5.41) is 60.5. The van der Waals surface area contributed by atoms with Crippen molar-refractivity contribution in [2.75, 3.05) is 39.4 Å². The zero-order valence-electron chi connectivity index (χ0n) is 47.5. The Labute approximate surface area is 481 Å². The first kappa shape index (κ1) is 71.2. The molecule has 11 atom stereocenters. The molecule has 1 aromatic rings. The first-order valence-corrected chi connectivity index (χ1v) is 27.4. The molecule has 0 saturated carbocycles. The minimum atomic E-state index is -1.74. The smallest absolute Gasteiger partial charge is 0.248 e. The predicted octanol–water partition coefficient (Wildman–Crippen LogP) is -7.72. The molecule has 0 bridgehead atoms. The lowest BCUT2D eigenvalue weighted by atomic mass is 10.0. The van der Waals surface area contributed by atoms with E-state index in [2.05, 4.69) is 52.5 Å². The quantitative estimate of drug-likeness (QED) is 0.0167. The van der Waals surface area contributed by atoms with E-state index < -0.39 is 139 Å². The summed E-state index contributed by atoms with van der Waals surface area (Å²) in [7, 11) is 0. The maximum Gasteiger partial charge on any atom is 0.248 e. The molecule has 0 radical (unpaired) electrons. The Balaban J connectivity index is 2.39. The number of rotatable bonds is 37. The van der Waals surface area contributed by atoms with E-state index in [9.17, 15) is 68.4 Å². The topological polar surface area (TPSA) is 558 Å². The van der Waals surface area contributed by atoms with Gasteiger partial charge in [0.05, 0.1) is 19.3 Å². The zero-order chi connectivity index (χ0) is 62.5. The molecular weight excluding hydrogens is 1090 g/mol. The van der Waals surface area contributed by atoms with Gasteiger partial charge in [0, 0.05) is 26.1 Å². The summed E-state index contributed by atoms with van der Waals surface area (Å²) in [5.74, 6) is -9.58. The number of hydrogen-bond donors (Lipinski definition) is 19. The van der Waals surface area contributed by atoms with Crippen LogP contribution in [0.25, 0.3) is 0 Å². The number of phenolic OH excluding ortho intramolecular Hbond substituents is 1. The molecule has 0 aromatic heterocycles. The van der Waals surface area contributed by atoms with E-state index >= 15 is 0 Å². The highest BCUT2D eigenvalue weighted by molar-refractivity contribution is 5.99. The third-order valence-electron chi connectivity index (χ3n) is 13.1. The van der Waals surface area contributed by atoms with Gasteiger partial charge in [0.2, 0.25) is 59.1 Å². The highest BCUT2D eigenvalue weighted by Crippen LogP contribution is 2.20. The molecule has 32 nitrogen and oxygen atoms in total. The monoisotopic (exact) mass is 1180 g/mol. The van der Waals surface area contributed by atoms with Crippen LogP contribution in [-0.4, -0.2) is 202 Å². The Morgan fingerprint density at radius 3 is 1.60 bits per heavy atom. The van der Waals surface area contributed by atoms with Crippen molar-refractivity contribution < 1.29 is 68.4 Å². The number of nitrogens with one attached hydrogen (secondary N) is 8. The third kappa shape index (κ3) is 25.4. The van der Waals surface area contributed by atoms with Crippen LogP contribution in [0, 0.1) is 5.92 Å². The molecule has 0 spiro atoms. The number of carbonyl (C=O) groups is 10. The number of guanidine groups is 2. The van der Waals surface area contributed by atoms with Gasteiger partial charge in [-0.15, -0.1) is 0 Å². The van der Waals surface area contributed by atoms with Crippen LogP contribution in [0.3, 0.4) is 0 Å². The van der Waals surface area contributed by atoms with Gasteiger partial charge >= 0.3 is 0 Å². The number of benzene rings is 1. The molecule has 1 fully saturated rings. The summed E-state index contributed by atoms with van der Waals surface area (Å²) in [4.78, 5) is 145. The van der Waals surface area contributed by atoms with Crippen molar-refractivity contribution in [2.45, 2.75) is 165 Å². The lowest BCUT2D eigenvalue weighted by molar-refractivity contribution is -0.143. The molecule has 26 N–H and O–H groups in total. The van der Waals surface area contributed by atoms with Crippen molar-refractivity contribution in [1.82, 2.24) is 47.4 Å². The number of phenols is 1. The minimum absolute atomic E-state index is 0.00914. The van der Waals surface area contributed by atoms with Gasteiger partial charge < -0.3 is 108 Å². The van der Waals surface area contributed by atoms with Crippen molar-refractivity contribution >= 4 is 71.0 Å². The number of aliphatic hydroxyl groups is 3. The normalized spacial score (nSPS) is 16.6. The van der Waals surface area contributed by atoms with Gasteiger partial charge in [0.25, 0.3) is 0 Å². The SMILES string of the molecule is CC(C)C[C@H](NC(=O)[C@H](CCCN=C(N)N)NC(=O)[C@@H]1CCCN1C(=O)[C@H](CO)NC(=O)[C@H](C)NC(=O)[C@H](Cc1ccc(O)cc1)NC(=O)[C@H](CCCN=C(N)N)NC(=O)[C@@H](NC(=O)[C@H](CCCCN)NC(=O)[C@@H](N)CO)[C@@H](C)O)C(N)=O. The predicted molar refractivity (Wildman–Crippen MR) is 303 cm³/mol. The van der Waals surface area contributed by atoms with E-state index in [1.165, 1.54) is 38.1 Å². The van der Waals surface area contributed by atoms with E-state index in [0.717, 1.165) is 4.90 Å². The van der Waals surface area contributed by atoms with Gasteiger partial charge in [-0.2, -0.15) is 0 Å². The number of nitrogens with zero attached hydrogens (tertiary/aromatic N) is 3. The molecule has 2 rings (SSSR count). The second-order valence-corrected chi connectivity index (χ2v) is 20.6. The average molecular weight is 1180 g/mol. The van der Waals surface area contributed by atoms with Crippen LogP contribution >= 0.6 is 0 Å². The number of nitrogens with two attached hydrogens (primary N) is 7. The molecule has 466 valence electrons. The molecule has 0 unspecified atom stereocenters. The average Bonchev–Trinajstić information content (AvgIpc) is 3.93. The van der Waals surface area contributed by atoms with E-state index in [-0.39, 0.29) is 101 Å². The van der Waals surface area contributed by atoms with Gasteiger partial charge in [-0.05, 0) is 108 Å². The second kappa shape index (κ2) is 36.5. The molecule has 32 heteroatoms. The number of carbonyl (C=O) groups excluding carboxylic acids is 10. The lowest BCUT2D eigenvalue weighted by Crippen LogP contribution is -2.62. The Hall–Kier alpha value is -7.94. The van der Waals surface area contributed by atoms with E-state index in [4.69, 9.17) is 40.1 Å².